The van der Waals surface area contributed by atoms with Crippen LogP contribution in [0.5, 0.6) is 0 Å². The fourth-order valence-electron chi connectivity index (χ4n) is 4.31. The number of allylic oxidation sites excluding steroid dienone is 2. The van der Waals surface area contributed by atoms with E-state index < -0.39 is 0 Å². The first-order chi connectivity index (χ1) is 17.5. The van der Waals surface area contributed by atoms with Crippen LogP contribution in [0, 0.1) is 0 Å². The maximum atomic E-state index is 5.08. The molecule has 0 fully saturated rings. The van der Waals surface area contributed by atoms with E-state index in [0.717, 1.165) is 22.8 Å². The first-order valence-corrected chi connectivity index (χ1v) is 13.6. The van der Waals surface area contributed by atoms with E-state index in [4.69, 9.17) is 10.3 Å². The van der Waals surface area contributed by atoms with Gasteiger partial charge in [0.25, 0.3) is 0 Å². The van der Waals surface area contributed by atoms with Crippen LogP contribution in [0.25, 0.3) is 5.32 Å². The zero-order valence-electron chi connectivity index (χ0n) is 24.9. The molecule has 0 N–H and O–H groups in total. The average Bonchev–Trinajstić information content (AvgIpc) is 2.85. The fraction of sp³-hybridized carbons (Fsp3) is 0.412. The Morgan fingerprint density at radius 3 is 1.42 bits per heavy atom. The van der Waals surface area contributed by atoms with Crippen molar-refractivity contribution in [2.24, 2.45) is 4.99 Å². The van der Waals surface area contributed by atoms with Gasteiger partial charge in [-0.2, -0.15) is 5.70 Å². The van der Waals surface area contributed by atoms with Gasteiger partial charge in [-0.25, -0.2) is 0 Å². The van der Waals surface area contributed by atoms with Gasteiger partial charge < -0.3 is 5.32 Å². The molecule has 0 aliphatic rings. The summed E-state index contributed by atoms with van der Waals surface area (Å²) < 4.78 is 0. The first-order valence-electron chi connectivity index (χ1n) is 13.6. The third-order valence-corrected chi connectivity index (χ3v) is 6.25. The number of aromatic nitrogens is 1. The molecule has 4 heteroatoms. The van der Waals surface area contributed by atoms with Crippen molar-refractivity contribution in [3.05, 3.63) is 106 Å². The third-order valence-electron chi connectivity index (χ3n) is 6.25. The van der Waals surface area contributed by atoms with Crippen molar-refractivity contribution in [1.29, 1.82) is 0 Å². The largest absolute Gasteiger partial charge is 1.00 e. The van der Waals surface area contributed by atoms with Crippen LogP contribution in [-0.4, -0.2) is 10.7 Å². The number of nitrogens with zero attached hydrogens (tertiary/aromatic N) is 3. The Labute approximate surface area is 242 Å². The van der Waals surface area contributed by atoms with Gasteiger partial charge in [0.2, 0.25) is 0 Å². The molecule has 0 saturated heterocycles. The number of aliphatic imine (C=N–C) groups is 1. The van der Waals surface area contributed by atoms with Crippen LogP contribution < -0.4 is 0 Å². The second kappa shape index (κ2) is 16.3. The van der Waals surface area contributed by atoms with E-state index in [2.05, 4.69) is 117 Å². The standard InChI is InChI=1S/C29H41N2.C5H5N.Cu/c1-18(2)24-13-11-14-25(19(3)4)28(24)30-22(9)17-23(10)31-29-26(20(5)6)15-12-16-27(29)21(7)8;1-2-4-6-5-3-1;/h11-21H,1-10H3;1-5H;/q-1;;+1/b22-17-,31-23?;;. The molecule has 0 atom stereocenters. The van der Waals surface area contributed by atoms with Gasteiger partial charge in [-0.3, -0.25) is 9.98 Å². The van der Waals surface area contributed by atoms with E-state index in [9.17, 15) is 0 Å². The molecular weight excluding hydrogens is 514 g/mol. The molecule has 0 aliphatic carbocycles. The Kier molecular flexibility index (Phi) is 14.3. The summed E-state index contributed by atoms with van der Waals surface area (Å²) in [6, 6.07) is 18.9. The molecule has 208 valence electrons. The van der Waals surface area contributed by atoms with Crippen LogP contribution >= 0.6 is 0 Å². The number of pyridine rings is 1. The minimum atomic E-state index is 0. The van der Waals surface area contributed by atoms with E-state index in [1.165, 1.54) is 22.3 Å². The zero-order valence-corrected chi connectivity index (χ0v) is 25.8. The summed E-state index contributed by atoms with van der Waals surface area (Å²) >= 11 is 0. The SMILES string of the molecule is CC(/C=C(/C)[N-]c1c(C(C)C)cccc1C(C)C)=Nc1c(C(C)C)cccc1C(C)C.[Cu+].c1ccncc1. The second-order valence-electron chi connectivity index (χ2n) is 10.9. The summed E-state index contributed by atoms with van der Waals surface area (Å²) in [6.45, 7) is 22.1. The minimum absolute atomic E-state index is 0. The number of para-hydroxylation sites is 2. The molecule has 2 aromatic carbocycles. The Balaban J connectivity index is 0.000000904. The van der Waals surface area contributed by atoms with Gasteiger partial charge in [0.1, 0.15) is 0 Å². The van der Waals surface area contributed by atoms with Crippen molar-refractivity contribution in [2.75, 3.05) is 0 Å². The second-order valence-corrected chi connectivity index (χ2v) is 10.9. The summed E-state index contributed by atoms with van der Waals surface area (Å²) in [5.41, 5.74) is 9.45. The molecule has 3 aromatic rings. The molecule has 3 nitrogen and oxygen atoms in total. The summed E-state index contributed by atoms with van der Waals surface area (Å²) in [5.74, 6) is 1.75. The Hall–Kier alpha value is -2.68. The molecule has 0 aliphatic heterocycles. The van der Waals surface area contributed by atoms with Crippen molar-refractivity contribution in [1.82, 2.24) is 4.98 Å². The van der Waals surface area contributed by atoms with Crippen molar-refractivity contribution in [2.45, 2.75) is 92.9 Å². The molecule has 1 aromatic heterocycles. The maximum Gasteiger partial charge on any atom is 1.00 e. The van der Waals surface area contributed by atoms with Crippen LogP contribution in [0.4, 0.5) is 11.4 Å². The monoisotopic (exact) mass is 559 g/mol. The summed E-state index contributed by atoms with van der Waals surface area (Å²) in [5, 5.41) is 5.08. The Morgan fingerprint density at radius 2 is 1.08 bits per heavy atom. The molecule has 38 heavy (non-hydrogen) atoms. The van der Waals surface area contributed by atoms with Gasteiger partial charge in [-0.05, 0) is 53.9 Å². The van der Waals surface area contributed by atoms with Gasteiger partial charge in [0.15, 0.2) is 0 Å². The number of hydrogen-bond acceptors (Lipinski definition) is 2. The predicted molar refractivity (Wildman–Crippen MR) is 163 cm³/mol. The summed E-state index contributed by atoms with van der Waals surface area (Å²) in [4.78, 5) is 8.86. The Morgan fingerprint density at radius 1 is 0.658 bits per heavy atom. The van der Waals surface area contributed by atoms with Crippen LogP contribution in [0.2, 0.25) is 0 Å². The normalized spacial score (nSPS) is 11.9. The van der Waals surface area contributed by atoms with Crippen molar-refractivity contribution in [3.63, 3.8) is 0 Å². The molecule has 0 radical (unpaired) electrons. The Bertz CT molecular complexity index is 1100. The van der Waals surface area contributed by atoms with E-state index in [0.29, 0.717) is 23.7 Å². The van der Waals surface area contributed by atoms with Crippen LogP contribution in [0.1, 0.15) is 115 Å². The quantitative estimate of drug-likeness (QED) is 0.200. The van der Waals surface area contributed by atoms with Gasteiger partial charge >= 0.3 is 17.1 Å². The van der Waals surface area contributed by atoms with Crippen molar-refractivity contribution in [3.8, 4) is 0 Å². The van der Waals surface area contributed by atoms with E-state index in [1.807, 2.05) is 18.2 Å². The molecule has 0 bridgehead atoms. The van der Waals surface area contributed by atoms with Gasteiger partial charge in [-0.1, -0.05) is 122 Å². The third kappa shape index (κ3) is 9.89. The number of rotatable bonds is 8. The zero-order chi connectivity index (χ0) is 27.5. The van der Waals surface area contributed by atoms with Crippen LogP contribution in [0.3, 0.4) is 0 Å². The maximum absolute atomic E-state index is 5.08. The van der Waals surface area contributed by atoms with E-state index in [-0.39, 0.29) is 17.1 Å². The molecule has 0 spiro atoms. The predicted octanol–water partition coefficient (Wildman–Crippen LogP) is 11.0. The van der Waals surface area contributed by atoms with Gasteiger partial charge in [0, 0.05) is 18.1 Å². The fourth-order valence-corrected chi connectivity index (χ4v) is 4.31. The first kappa shape index (κ1) is 33.3. The van der Waals surface area contributed by atoms with E-state index >= 15 is 0 Å². The molecule has 0 unspecified atom stereocenters. The van der Waals surface area contributed by atoms with E-state index in [1.54, 1.807) is 12.4 Å². The smallest absolute Gasteiger partial charge is 0.661 e. The van der Waals surface area contributed by atoms with Crippen molar-refractivity contribution >= 4 is 17.1 Å². The van der Waals surface area contributed by atoms with Crippen molar-refractivity contribution < 1.29 is 17.1 Å². The molecule has 3 rings (SSSR count). The number of hydrogen-bond donors (Lipinski definition) is 0. The average molecular weight is 560 g/mol. The summed E-state index contributed by atoms with van der Waals surface area (Å²) in [7, 11) is 0. The molecular formula is C34H46CuN3. The van der Waals surface area contributed by atoms with Gasteiger partial charge in [0.05, 0.1) is 5.69 Å². The van der Waals surface area contributed by atoms with Crippen LogP contribution in [0.15, 0.2) is 83.8 Å². The van der Waals surface area contributed by atoms with Crippen LogP contribution in [-0.2, 0) is 17.1 Å². The number of benzene rings is 2. The summed E-state index contributed by atoms with van der Waals surface area (Å²) in [6.07, 6.45) is 5.61. The molecule has 0 saturated carbocycles. The minimum Gasteiger partial charge on any atom is -0.661 e. The topological polar surface area (TPSA) is 39.4 Å². The van der Waals surface area contributed by atoms with Gasteiger partial charge in [-0.15, -0.1) is 5.69 Å². The molecule has 0 amide bonds. The molecule has 1 heterocycles.